The maximum absolute atomic E-state index is 12.2. The van der Waals surface area contributed by atoms with Crippen LogP contribution < -0.4 is 10.1 Å². The quantitative estimate of drug-likeness (QED) is 0.886. The van der Waals surface area contributed by atoms with Gasteiger partial charge >= 0.3 is 0 Å². The van der Waals surface area contributed by atoms with Gasteiger partial charge in [0, 0.05) is 36.8 Å². The number of carbonyl (C=O) groups excluding carboxylic acids is 1. The first-order valence-electron chi connectivity index (χ1n) is 7.04. The molecule has 2 aromatic rings. The van der Waals surface area contributed by atoms with Gasteiger partial charge in [-0.15, -0.1) is 0 Å². The molecule has 6 nitrogen and oxygen atoms in total. The minimum Gasteiger partial charge on any atom is -0.481 e. The predicted octanol–water partition coefficient (Wildman–Crippen LogP) is 1.23. The molecule has 3 rings (SSSR count). The maximum Gasteiger partial charge on any atom is 0.223 e. The number of hydrogen-bond donors (Lipinski definition) is 2. The lowest BCUT2D eigenvalue weighted by molar-refractivity contribution is -0.125. The lowest BCUT2D eigenvalue weighted by Crippen LogP contribution is -2.33. The topological polar surface area (TPSA) is 79.9 Å². The third kappa shape index (κ3) is 3.04. The molecule has 0 aromatic carbocycles. The zero-order valence-electron chi connectivity index (χ0n) is 11.9. The van der Waals surface area contributed by atoms with Gasteiger partial charge < -0.3 is 15.0 Å². The number of imidazole rings is 1. The first kappa shape index (κ1) is 13.6. The molecule has 0 spiro atoms. The smallest absolute Gasteiger partial charge is 0.223 e. The van der Waals surface area contributed by atoms with Crippen LogP contribution in [0.4, 0.5) is 0 Å². The van der Waals surface area contributed by atoms with E-state index in [2.05, 4.69) is 20.3 Å². The Morgan fingerprint density at radius 1 is 1.48 bits per heavy atom. The molecule has 1 unspecified atom stereocenters. The van der Waals surface area contributed by atoms with Crippen molar-refractivity contribution >= 4 is 5.91 Å². The highest BCUT2D eigenvalue weighted by atomic mass is 16.5. The molecule has 6 heteroatoms. The number of aromatic amines is 1. The molecule has 1 atom stereocenters. The van der Waals surface area contributed by atoms with E-state index in [1.54, 1.807) is 25.7 Å². The third-order valence-corrected chi connectivity index (χ3v) is 3.83. The van der Waals surface area contributed by atoms with Gasteiger partial charge in [-0.05, 0) is 18.4 Å². The number of hydrogen-bond acceptors (Lipinski definition) is 4. The summed E-state index contributed by atoms with van der Waals surface area (Å²) in [6.07, 6.45) is 5.87. The van der Waals surface area contributed by atoms with Crippen molar-refractivity contribution in [2.45, 2.75) is 25.8 Å². The second-order valence-electron chi connectivity index (χ2n) is 5.19. The van der Waals surface area contributed by atoms with E-state index in [1.165, 1.54) is 0 Å². The van der Waals surface area contributed by atoms with E-state index >= 15 is 0 Å². The fourth-order valence-corrected chi connectivity index (χ4v) is 2.59. The number of ether oxygens (including phenoxy) is 1. The van der Waals surface area contributed by atoms with Gasteiger partial charge in [0.1, 0.15) is 0 Å². The number of methoxy groups -OCH3 is 1. The van der Waals surface area contributed by atoms with Crippen molar-refractivity contribution in [3.8, 4) is 5.88 Å². The van der Waals surface area contributed by atoms with Crippen molar-refractivity contribution in [2.75, 3.05) is 7.11 Å². The summed E-state index contributed by atoms with van der Waals surface area (Å²) in [6, 6.07) is 3.69. The summed E-state index contributed by atoms with van der Waals surface area (Å²) in [5, 5.41) is 2.98. The molecule has 110 valence electrons. The Bertz CT molecular complexity index is 621. The van der Waals surface area contributed by atoms with Gasteiger partial charge in [-0.2, -0.15) is 0 Å². The van der Waals surface area contributed by atoms with Crippen LogP contribution in [-0.4, -0.2) is 28.0 Å². The van der Waals surface area contributed by atoms with E-state index < -0.39 is 0 Å². The van der Waals surface area contributed by atoms with Crippen molar-refractivity contribution in [1.29, 1.82) is 0 Å². The highest BCUT2D eigenvalue weighted by Crippen LogP contribution is 2.22. The molecule has 1 amide bonds. The molecule has 1 aliphatic carbocycles. The van der Waals surface area contributed by atoms with Crippen LogP contribution in [0.1, 0.15) is 23.4 Å². The molecule has 2 heterocycles. The summed E-state index contributed by atoms with van der Waals surface area (Å²) < 4.78 is 5.01. The molecule has 0 fully saturated rings. The van der Waals surface area contributed by atoms with Gasteiger partial charge in [0.05, 0.1) is 19.1 Å². The second-order valence-corrected chi connectivity index (χ2v) is 5.19. The molecule has 0 aliphatic heterocycles. The highest BCUT2D eigenvalue weighted by Gasteiger charge is 2.25. The van der Waals surface area contributed by atoms with Crippen molar-refractivity contribution in [1.82, 2.24) is 20.3 Å². The van der Waals surface area contributed by atoms with Crippen LogP contribution >= 0.6 is 0 Å². The van der Waals surface area contributed by atoms with Crippen LogP contribution in [-0.2, 0) is 24.2 Å². The summed E-state index contributed by atoms with van der Waals surface area (Å²) in [5.41, 5.74) is 3.15. The van der Waals surface area contributed by atoms with Gasteiger partial charge in [-0.3, -0.25) is 4.79 Å². The molecular formula is C15H18N4O2. The Morgan fingerprint density at radius 2 is 2.38 bits per heavy atom. The molecular weight excluding hydrogens is 268 g/mol. The molecule has 2 N–H and O–H groups in total. The van der Waals surface area contributed by atoms with Crippen LogP contribution in [0.15, 0.2) is 24.7 Å². The number of carbonyl (C=O) groups is 1. The number of aryl methyl sites for hydroxylation is 1. The Balaban J connectivity index is 1.54. The maximum atomic E-state index is 12.2. The molecule has 0 saturated carbocycles. The first-order chi connectivity index (χ1) is 10.3. The van der Waals surface area contributed by atoms with E-state index in [4.69, 9.17) is 4.74 Å². The number of H-pyrrole nitrogens is 1. The van der Waals surface area contributed by atoms with E-state index in [-0.39, 0.29) is 11.8 Å². The van der Waals surface area contributed by atoms with Crippen LogP contribution in [0.25, 0.3) is 0 Å². The van der Waals surface area contributed by atoms with Gasteiger partial charge in [-0.25, -0.2) is 9.97 Å². The number of pyridine rings is 1. The lowest BCUT2D eigenvalue weighted by atomic mass is 9.89. The van der Waals surface area contributed by atoms with E-state index in [0.29, 0.717) is 12.4 Å². The average molecular weight is 286 g/mol. The van der Waals surface area contributed by atoms with Crippen molar-refractivity contribution in [3.63, 3.8) is 0 Å². The normalized spacial score (nSPS) is 17.1. The van der Waals surface area contributed by atoms with Crippen molar-refractivity contribution in [2.24, 2.45) is 5.92 Å². The monoisotopic (exact) mass is 286 g/mol. The first-order valence-corrected chi connectivity index (χ1v) is 7.04. The highest BCUT2D eigenvalue weighted by molar-refractivity contribution is 5.79. The van der Waals surface area contributed by atoms with Crippen molar-refractivity contribution in [3.05, 3.63) is 41.6 Å². The zero-order chi connectivity index (χ0) is 14.7. The standard InChI is InChI=1S/C15H18N4O2/c1-21-14-5-2-10(7-16-14)8-17-15(20)11-3-4-12-13(6-11)19-9-18-12/h2,5,7,9,11H,3-4,6,8H2,1H3,(H,17,20)(H,18,19). The van der Waals surface area contributed by atoms with Gasteiger partial charge in [0.25, 0.3) is 0 Å². The number of nitrogens with zero attached hydrogens (tertiary/aromatic N) is 2. The van der Waals surface area contributed by atoms with Crippen LogP contribution in [0.5, 0.6) is 5.88 Å². The second kappa shape index (κ2) is 5.95. The van der Waals surface area contributed by atoms with E-state index in [1.807, 2.05) is 6.07 Å². The molecule has 0 saturated heterocycles. The summed E-state index contributed by atoms with van der Waals surface area (Å²) in [4.78, 5) is 23.7. The minimum atomic E-state index is 0.0177. The summed E-state index contributed by atoms with van der Waals surface area (Å²) in [7, 11) is 1.58. The van der Waals surface area contributed by atoms with Crippen molar-refractivity contribution < 1.29 is 9.53 Å². The van der Waals surface area contributed by atoms with Crippen LogP contribution in [0, 0.1) is 5.92 Å². The Labute approximate surface area is 123 Å². The van der Waals surface area contributed by atoms with Gasteiger partial charge in [0.2, 0.25) is 11.8 Å². The third-order valence-electron chi connectivity index (χ3n) is 3.83. The summed E-state index contributed by atoms with van der Waals surface area (Å²) >= 11 is 0. The zero-order valence-corrected chi connectivity index (χ0v) is 11.9. The average Bonchev–Trinajstić information content (AvgIpc) is 3.00. The molecule has 1 aliphatic rings. The number of fused-ring (bicyclic) bond motifs is 1. The summed E-state index contributed by atoms with van der Waals surface area (Å²) in [6.45, 7) is 0.488. The van der Waals surface area contributed by atoms with Crippen LogP contribution in [0.3, 0.4) is 0 Å². The molecule has 0 radical (unpaired) electrons. The van der Waals surface area contributed by atoms with Gasteiger partial charge in [0.15, 0.2) is 0 Å². The molecule has 0 bridgehead atoms. The fourth-order valence-electron chi connectivity index (χ4n) is 2.59. The SMILES string of the molecule is COc1ccc(CNC(=O)C2CCc3nc[nH]c3C2)cn1. The summed E-state index contributed by atoms with van der Waals surface area (Å²) in [5.74, 6) is 0.680. The number of nitrogens with one attached hydrogen (secondary N) is 2. The molecule has 2 aromatic heterocycles. The predicted molar refractivity (Wildman–Crippen MR) is 76.7 cm³/mol. The van der Waals surface area contributed by atoms with E-state index in [0.717, 1.165) is 36.2 Å². The largest absolute Gasteiger partial charge is 0.481 e. The Morgan fingerprint density at radius 3 is 3.14 bits per heavy atom. The number of rotatable bonds is 4. The van der Waals surface area contributed by atoms with E-state index in [9.17, 15) is 4.79 Å². The lowest BCUT2D eigenvalue weighted by Gasteiger charge is -2.20. The fraction of sp³-hybridized carbons (Fsp3) is 0.400. The number of aromatic nitrogens is 3. The minimum absolute atomic E-state index is 0.0177. The van der Waals surface area contributed by atoms with Crippen LogP contribution in [0.2, 0.25) is 0 Å². The Hall–Kier alpha value is -2.37. The molecule has 21 heavy (non-hydrogen) atoms. The number of amides is 1. The Kier molecular flexibility index (Phi) is 3.85. The van der Waals surface area contributed by atoms with Gasteiger partial charge in [-0.1, -0.05) is 6.07 Å².